The van der Waals surface area contributed by atoms with Crippen LogP contribution in [0.15, 0.2) is 36.4 Å². The van der Waals surface area contributed by atoms with Crippen molar-refractivity contribution >= 4 is 28.4 Å². The van der Waals surface area contributed by atoms with Gasteiger partial charge in [-0.1, -0.05) is 19.9 Å². The van der Waals surface area contributed by atoms with Crippen molar-refractivity contribution < 1.29 is 18.7 Å². The van der Waals surface area contributed by atoms with E-state index in [1.165, 1.54) is 12.1 Å². The monoisotopic (exact) mass is 452 g/mol. The number of nitrogens with zero attached hydrogens (tertiary/aromatic N) is 1. The van der Waals surface area contributed by atoms with E-state index in [9.17, 15) is 14.0 Å². The molecule has 1 fully saturated rings. The van der Waals surface area contributed by atoms with Crippen LogP contribution in [0.2, 0.25) is 0 Å². The molecule has 5 N–H and O–H groups in total. The molecule has 0 spiro atoms. The van der Waals surface area contributed by atoms with E-state index in [1.54, 1.807) is 28.8 Å². The number of ether oxygens (including phenoxy) is 1. The smallest absolute Gasteiger partial charge is 0.250 e. The average molecular weight is 453 g/mol. The standard InChI is InChI=1S/C21H20FN3O2.C4H9NO/c1-21(2)9-17-19(11-3-5-13(20(24)27)15(23)7-11)14-6-4-12(22)8-16(14)25(17)18(26)10-21;1-3-6-4-2-5-1/h3-8H,9-10,23H2,1-2H3,(H2,24,27);5H,1-4H2. The van der Waals surface area contributed by atoms with Crippen molar-refractivity contribution in [2.45, 2.75) is 26.7 Å². The van der Waals surface area contributed by atoms with E-state index in [1.807, 2.05) is 13.8 Å². The number of halogens is 1. The number of rotatable bonds is 2. The number of fused-ring (bicyclic) bond motifs is 3. The quantitative estimate of drug-likeness (QED) is 0.516. The van der Waals surface area contributed by atoms with Crippen LogP contribution in [-0.2, 0) is 11.2 Å². The highest BCUT2D eigenvalue weighted by atomic mass is 19.1. The molecular formula is C25H29FN4O3. The number of nitrogens with two attached hydrogens (primary N) is 2. The average Bonchev–Trinajstić information content (AvgIpc) is 3.07. The number of hydrogen-bond donors (Lipinski definition) is 3. The molecule has 0 radical (unpaired) electrons. The molecule has 174 valence electrons. The lowest BCUT2D eigenvalue weighted by molar-refractivity contribution is 0.0816. The van der Waals surface area contributed by atoms with Gasteiger partial charge in [-0.2, -0.15) is 0 Å². The minimum atomic E-state index is -0.596. The van der Waals surface area contributed by atoms with Crippen molar-refractivity contribution in [1.29, 1.82) is 0 Å². The van der Waals surface area contributed by atoms with Gasteiger partial charge >= 0.3 is 0 Å². The fourth-order valence-corrected chi connectivity index (χ4v) is 4.55. The van der Waals surface area contributed by atoms with Gasteiger partial charge in [0, 0.05) is 41.8 Å². The van der Waals surface area contributed by atoms with Gasteiger partial charge in [-0.25, -0.2) is 4.39 Å². The minimum absolute atomic E-state index is 0.0511. The number of carbonyl (C=O) groups excluding carboxylic acids is 2. The van der Waals surface area contributed by atoms with E-state index in [2.05, 4.69) is 5.32 Å². The maximum absolute atomic E-state index is 13.9. The Morgan fingerprint density at radius 3 is 2.42 bits per heavy atom. The van der Waals surface area contributed by atoms with E-state index in [0.717, 1.165) is 48.5 Å². The molecule has 0 saturated carbocycles. The minimum Gasteiger partial charge on any atom is -0.398 e. The first-order valence-electron chi connectivity index (χ1n) is 11.0. The Kier molecular flexibility index (Phi) is 6.23. The number of morpholine rings is 1. The fourth-order valence-electron chi connectivity index (χ4n) is 4.55. The van der Waals surface area contributed by atoms with Crippen LogP contribution in [0.25, 0.3) is 22.0 Å². The molecule has 8 heteroatoms. The molecule has 33 heavy (non-hydrogen) atoms. The van der Waals surface area contributed by atoms with Crippen LogP contribution in [0.1, 0.15) is 41.1 Å². The van der Waals surface area contributed by atoms with Gasteiger partial charge < -0.3 is 21.5 Å². The van der Waals surface area contributed by atoms with E-state index in [-0.39, 0.29) is 22.6 Å². The lowest BCUT2D eigenvalue weighted by atomic mass is 9.80. The SMILES string of the molecule is C1COCCN1.CC1(C)CC(=O)n2c(c(-c3ccc(C(N)=O)c(N)c3)c3ccc(F)cc32)C1. The Morgan fingerprint density at radius 2 is 1.85 bits per heavy atom. The first kappa shape index (κ1) is 22.9. The molecule has 0 aliphatic carbocycles. The molecule has 0 unspecified atom stereocenters. The Balaban J connectivity index is 0.000000376. The first-order valence-corrected chi connectivity index (χ1v) is 11.0. The molecule has 1 saturated heterocycles. The highest BCUT2D eigenvalue weighted by molar-refractivity contribution is 6.06. The number of anilines is 1. The highest BCUT2D eigenvalue weighted by Gasteiger charge is 2.35. The molecule has 0 atom stereocenters. The van der Waals surface area contributed by atoms with Gasteiger partial charge in [0.2, 0.25) is 5.91 Å². The number of nitrogen functional groups attached to an aromatic ring is 1. The molecule has 2 aromatic carbocycles. The Labute approximate surface area is 191 Å². The normalized spacial score (nSPS) is 17.2. The molecule has 2 aliphatic rings. The summed E-state index contributed by atoms with van der Waals surface area (Å²) in [5.74, 6) is -1.04. The van der Waals surface area contributed by atoms with Gasteiger partial charge in [-0.15, -0.1) is 0 Å². The molecule has 3 heterocycles. The van der Waals surface area contributed by atoms with Gasteiger partial charge in [0.15, 0.2) is 0 Å². The topological polar surface area (TPSA) is 112 Å². The van der Waals surface area contributed by atoms with Gasteiger partial charge in [-0.3, -0.25) is 14.2 Å². The maximum atomic E-state index is 13.9. The zero-order chi connectivity index (χ0) is 23.8. The predicted octanol–water partition coefficient (Wildman–Crippen LogP) is 3.35. The number of hydrogen-bond acceptors (Lipinski definition) is 5. The van der Waals surface area contributed by atoms with Gasteiger partial charge in [0.1, 0.15) is 5.82 Å². The second-order valence-electron chi connectivity index (χ2n) is 9.26. The summed E-state index contributed by atoms with van der Waals surface area (Å²) in [7, 11) is 0. The van der Waals surface area contributed by atoms with Gasteiger partial charge in [0.25, 0.3) is 5.91 Å². The summed E-state index contributed by atoms with van der Waals surface area (Å²) in [4.78, 5) is 24.3. The Morgan fingerprint density at radius 1 is 1.12 bits per heavy atom. The van der Waals surface area contributed by atoms with Crippen molar-refractivity contribution in [2.24, 2.45) is 11.1 Å². The Hall–Kier alpha value is -3.23. The third-order valence-electron chi connectivity index (χ3n) is 6.01. The van der Waals surface area contributed by atoms with Gasteiger partial charge in [-0.05, 0) is 47.7 Å². The maximum Gasteiger partial charge on any atom is 0.250 e. The van der Waals surface area contributed by atoms with Gasteiger partial charge in [0.05, 0.1) is 24.3 Å². The Bertz CT molecular complexity index is 1220. The number of aromatic nitrogens is 1. The second kappa shape index (κ2) is 8.96. The van der Waals surface area contributed by atoms with Crippen LogP contribution in [0.5, 0.6) is 0 Å². The van der Waals surface area contributed by atoms with E-state index >= 15 is 0 Å². The van der Waals surface area contributed by atoms with E-state index in [4.69, 9.17) is 16.2 Å². The van der Waals surface area contributed by atoms with Crippen molar-refractivity contribution in [2.75, 3.05) is 32.0 Å². The summed E-state index contributed by atoms with van der Waals surface area (Å²) >= 11 is 0. The number of primary amides is 1. The third-order valence-corrected chi connectivity index (χ3v) is 6.01. The first-order chi connectivity index (χ1) is 15.7. The van der Waals surface area contributed by atoms with Crippen LogP contribution in [-0.4, -0.2) is 42.7 Å². The van der Waals surface area contributed by atoms with Crippen LogP contribution >= 0.6 is 0 Å². The van der Waals surface area contributed by atoms with Crippen LogP contribution in [0.4, 0.5) is 10.1 Å². The number of amides is 1. The lowest BCUT2D eigenvalue weighted by Gasteiger charge is -2.30. The number of carbonyl (C=O) groups is 2. The fraction of sp³-hybridized carbons (Fsp3) is 0.360. The summed E-state index contributed by atoms with van der Waals surface area (Å²) in [6.45, 7) is 7.92. The van der Waals surface area contributed by atoms with Crippen LogP contribution < -0.4 is 16.8 Å². The predicted molar refractivity (Wildman–Crippen MR) is 127 cm³/mol. The zero-order valence-corrected chi connectivity index (χ0v) is 18.9. The second-order valence-corrected chi connectivity index (χ2v) is 9.26. The molecule has 2 aliphatic heterocycles. The summed E-state index contributed by atoms with van der Waals surface area (Å²) < 4.78 is 20.5. The van der Waals surface area contributed by atoms with E-state index < -0.39 is 11.7 Å². The molecule has 5 rings (SSSR count). The number of benzene rings is 2. The highest BCUT2D eigenvalue weighted by Crippen LogP contribution is 2.43. The largest absolute Gasteiger partial charge is 0.398 e. The van der Waals surface area contributed by atoms with E-state index in [0.29, 0.717) is 18.4 Å². The van der Waals surface area contributed by atoms with Crippen LogP contribution in [0.3, 0.4) is 0 Å². The molecule has 1 amide bonds. The summed E-state index contributed by atoms with van der Waals surface area (Å²) in [5, 5.41) is 3.94. The summed E-state index contributed by atoms with van der Waals surface area (Å²) in [5.41, 5.74) is 14.7. The number of nitrogens with one attached hydrogen (secondary N) is 1. The van der Waals surface area contributed by atoms with Crippen molar-refractivity contribution in [3.05, 3.63) is 53.5 Å². The molecule has 7 nitrogen and oxygen atoms in total. The summed E-state index contributed by atoms with van der Waals surface area (Å²) in [6.07, 6.45) is 1.06. The van der Waals surface area contributed by atoms with Crippen LogP contribution in [0, 0.1) is 11.2 Å². The summed E-state index contributed by atoms with van der Waals surface area (Å²) in [6, 6.07) is 9.49. The van der Waals surface area contributed by atoms with Crippen molar-refractivity contribution in [3.63, 3.8) is 0 Å². The zero-order valence-electron chi connectivity index (χ0n) is 18.9. The third kappa shape index (κ3) is 4.62. The van der Waals surface area contributed by atoms with Crippen molar-refractivity contribution in [3.8, 4) is 11.1 Å². The molecule has 3 aromatic rings. The molecule has 1 aromatic heterocycles. The molecule has 0 bridgehead atoms. The van der Waals surface area contributed by atoms with Crippen molar-refractivity contribution in [1.82, 2.24) is 9.88 Å². The lowest BCUT2D eigenvalue weighted by Crippen LogP contribution is -2.31. The molecular weight excluding hydrogens is 423 g/mol.